The van der Waals surface area contributed by atoms with Crippen molar-refractivity contribution in [3.05, 3.63) is 35.4 Å². The molecule has 0 aliphatic carbocycles. The van der Waals surface area contributed by atoms with Crippen molar-refractivity contribution in [1.29, 1.82) is 0 Å². The molecule has 1 aliphatic heterocycles. The second-order valence-electron chi connectivity index (χ2n) is 7.13. The molecule has 0 amide bonds. The van der Waals surface area contributed by atoms with Crippen molar-refractivity contribution in [2.24, 2.45) is 0 Å². The molecule has 0 spiro atoms. The number of hydrogen-bond donors (Lipinski definition) is 0. The van der Waals surface area contributed by atoms with Crippen LogP contribution in [-0.4, -0.2) is 31.4 Å². The van der Waals surface area contributed by atoms with Crippen LogP contribution in [-0.2, 0) is 25.0 Å². The van der Waals surface area contributed by atoms with Gasteiger partial charge in [-0.1, -0.05) is 12.1 Å². The molecular weight excluding hydrogens is 336 g/mol. The highest BCUT2D eigenvalue weighted by Gasteiger charge is 2.54. The van der Waals surface area contributed by atoms with E-state index in [4.69, 9.17) is 14.0 Å². The van der Waals surface area contributed by atoms with E-state index in [9.17, 15) is 18.0 Å². The summed E-state index contributed by atoms with van der Waals surface area (Å²) in [6, 6.07) is 4.68. The fraction of sp³-hybridized carbons (Fsp3) is 0.588. The van der Waals surface area contributed by atoms with Gasteiger partial charge in [-0.3, -0.25) is 4.79 Å². The quantitative estimate of drug-likeness (QED) is 0.603. The van der Waals surface area contributed by atoms with Crippen molar-refractivity contribution in [2.75, 3.05) is 7.11 Å². The van der Waals surface area contributed by atoms with Gasteiger partial charge in [0.05, 0.1) is 30.3 Å². The molecule has 1 atom stereocenters. The van der Waals surface area contributed by atoms with Gasteiger partial charge < -0.3 is 14.0 Å². The number of ether oxygens (including phenoxy) is 1. The molecule has 1 heterocycles. The number of esters is 1. The minimum atomic E-state index is -4.42. The van der Waals surface area contributed by atoms with E-state index < -0.39 is 41.8 Å². The van der Waals surface area contributed by atoms with Crippen LogP contribution in [0.2, 0.25) is 0 Å². The predicted octanol–water partition coefficient (Wildman–Crippen LogP) is 3.98. The molecule has 1 fully saturated rings. The molecule has 0 aromatic heterocycles. The van der Waals surface area contributed by atoms with Crippen LogP contribution in [0, 0.1) is 0 Å². The topological polar surface area (TPSA) is 44.8 Å². The summed E-state index contributed by atoms with van der Waals surface area (Å²) in [5, 5.41) is 0. The van der Waals surface area contributed by atoms with Gasteiger partial charge in [0.25, 0.3) is 0 Å². The van der Waals surface area contributed by atoms with Crippen LogP contribution in [0.25, 0.3) is 0 Å². The van der Waals surface area contributed by atoms with Crippen LogP contribution < -0.4 is 0 Å². The van der Waals surface area contributed by atoms with Gasteiger partial charge in [0.1, 0.15) is 0 Å². The third-order valence-corrected chi connectivity index (χ3v) is 4.88. The van der Waals surface area contributed by atoms with E-state index in [0.717, 1.165) is 12.1 Å². The molecular formula is C17H22BF3O4. The number of benzene rings is 1. The zero-order valence-corrected chi connectivity index (χ0v) is 14.9. The van der Waals surface area contributed by atoms with E-state index in [1.807, 2.05) is 27.7 Å². The second-order valence-corrected chi connectivity index (χ2v) is 7.13. The summed E-state index contributed by atoms with van der Waals surface area (Å²) >= 11 is 0. The molecule has 0 N–H and O–H groups in total. The third kappa shape index (κ3) is 4.18. The fourth-order valence-corrected chi connectivity index (χ4v) is 2.61. The maximum absolute atomic E-state index is 12.8. The molecule has 0 saturated carbocycles. The summed E-state index contributed by atoms with van der Waals surface area (Å²) in [5.41, 5.74) is -1.45. The van der Waals surface area contributed by atoms with Gasteiger partial charge in [-0.05, 0) is 45.4 Å². The Morgan fingerprint density at radius 2 is 1.60 bits per heavy atom. The largest absolute Gasteiger partial charge is 0.469 e. The smallest absolute Gasteiger partial charge is 0.466 e. The molecule has 0 radical (unpaired) electrons. The zero-order chi connectivity index (χ0) is 19.0. The lowest BCUT2D eigenvalue weighted by atomic mass is 9.66. The Morgan fingerprint density at radius 1 is 1.12 bits per heavy atom. The van der Waals surface area contributed by atoms with Crippen LogP contribution in [0.1, 0.15) is 51.1 Å². The standard InChI is InChI=1S/C17H22BF3O4/c1-15(2)16(3,4)25-18(24-15)13(10-14(22)23-5)11-6-8-12(9-7-11)17(19,20)21/h6-9,13H,10H2,1-5H3. The van der Waals surface area contributed by atoms with Crippen molar-refractivity contribution in [2.45, 2.75) is 57.3 Å². The predicted molar refractivity (Wildman–Crippen MR) is 86.9 cm³/mol. The van der Waals surface area contributed by atoms with Gasteiger partial charge >= 0.3 is 19.3 Å². The number of alkyl halides is 3. The molecule has 0 bridgehead atoms. The van der Waals surface area contributed by atoms with Crippen LogP contribution in [0.4, 0.5) is 13.2 Å². The summed E-state index contributed by atoms with van der Waals surface area (Å²) in [7, 11) is 0.497. The number of carbonyl (C=O) groups is 1. The Labute approximate surface area is 145 Å². The normalized spacial score (nSPS) is 20.4. The Bertz CT molecular complexity index is 610. The zero-order valence-electron chi connectivity index (χ0n) is 14.9. The Kier molecular flexibility index (Phi) is 5.26. The first-order valence-corrected chi connectivity index (χ1v) is 7.97. The minimum Gasteiger partial charge on any atom is -0.469 e. The van der Waals surface area contributed by atoms with Crippen molar-refractivity contribution in [3.63, 3.8) is 0 Å². The summed E-state index contributed by atoms with van der Waals surface area (Å²) < 4.78 is 55.0. The van der Waals surface area contributed by atoms with E-state index in [1.54, 1.807) is 0 Å². The van der Waals surface area contributed by atoms with Crippen LogP contribution >= 0.6 is 0 Å². The maximum Gasteiger partial charge on any atom is 0.466 e. The minimum absolute atomic E-state index is 0.0569. The summed E-state index contributed by atoms with van der Waals surface area (Å²) in [4.78, 5) is 11.8. The second kappa shape index (κ2) is 6.65. The summed E-state index contributed by atoms with van der Waals surface area (Å²) in [6.07, 6.45) is -4.47. The molecule has 4 nitrogen and oxygen atoms in total. The number of halogens is 3. The van der Waals surface area contributed by atoms with Crippen LogP contribution in [0.3, 0.4) is 0 Å². The molecule has 1 saturated heterocycles. The molecule has 25 heavy (non-hydrogen) atoms. The molecule has 1 aromatic carbocycles. The maximum atomic E-state index is 12.8. The van der Waals surface area contributed by atoms with Gasteiger partial charge in [-0.15, -0.1) is 0 Å². The van der Waals surface area contributed by atoms with Crippen LogP contribution in [0.5, 0.6) is 0 Å². The molecule has 8 heteroatoms. The Morgan fingerprint density at radius 3 is 2.00 bits per heavy atom. The molecule has 1 aliphatic rings. The van der Waals surface area contributed by atoms with E-state index in [2.05, 4.69) is 0 Å². The van der Waals surface area contributed by atoms with Gasteiger partial charge in [0, 0.05) is 5.82 Å². The van der Waals surface area contributed by atoms with Gasteiger partial charge in [0.15, 0.2) is 0 Å². The van der Waals surface area contributed by atoms with E-state index >= 15 is 0 Å². The highest BCUT2D eigenvalue weighted by molar-refractivity contribution is 6.48. The molecule has 2 rings (SSSR count). The first kappa shape index (κ1) is 19.8. The summed E-state index contributed by atoms with van der Waals surface area (Å²) in [6.45, 7) is 7.48. The Balaban J connectivity index is 2.33. The first-order valence-electron chi connectivity index (χ1n) is 7.97. The average Bonchev–Trinajstić information content (AvgIpc) is 2.71. The lowest BCUT2D eigenvalue weighted by molar-refractivity contribution is -0.141. The number of carbonyl (C=O) groups excluding carboxylic acids is 1. The lowest BCUT2D eigenvalue weighted by Gasteiger charge is -2.32. The highest BCUT2D eigenvalue weighted by atomic mass is 19.4. The van der Waals surface area contributed by atoms with Crippen molar-refractivity contribution >= 4 is 13.1 Å². The van der Waals surface area contributed by atoms with E-state index in [1.165, 1.54) is 19.2 Å². The highest BCUT2D eigenvalue weighted by Crippen LogP contribution is 2.42. The monoisotopic (exact) mass is 358 g/mol. The SMILES string of the molecule is COC(=O)CC(B1OC(C)(C)C(C)(C)O1)c1ccc(C(F)(F)F)cc1. The lowest BCUT2D eigenvalue weighted by Crippen LogP contribution is -2.41. The van der Waals surface area contributed by atoms with Gasteiger partial charge in [-0.25, -0.2) is 0 Å². The van der Waals surface area contributed by atoms with Gasteiger partial charge in [-0.2, -0.15) is 13.2 Å². The van der Waals surface area contributed by atoms with Gasteiger partial charge in [0.2, 0.25) is 0 Å². The first-order chi connectivity index (χ1) is 11.4. The van der Waals surface area contributed by atoms with Crippen molar-refractivity contribution < 1.29 is 32.0 Å². The van der Waals surface area contributed by atoms with Crippen LogP contribution in [0.15, 0.2) is 24.3 Å². The number of methoxy groups -OCH3 is 1. The molecule has 1 unspecified atom stereocenters. The Hall–Kier alpha value is -1.54. The summed E-state index contributed by atoms with van der Waals surface area (Å²) in [5.74, 6) is -1.06. The van der Waals surface area contributed by atoms with Crippen molar-refractivity contribution in [1.82, 2.24) is 0 Å². The molecule has 138 valence electrons. The number of hydrogen-bond acceptors (Lipinski definition) is 4. The van der Waals surface area contributed by atoms with E-state index in [0.29, 0.717) is 5.56 Å². The van der Waals surface area contributed by atoms with E-state index in [-0.39, 0.29) is 6.42 Å². The number of rotatable bonds is 4. The van der Waals surface area contributed by atoms with Crippen molar-refractivity contribution in [3.8, 4) is 0 Å². The molecule has 1 aromatic rings. The fourth-order valence-electron chi connectivity index (χ4n) is 2.61. The average molecular weight is 358 g/mol. The third-order valence-electron chi connectivity index (χ3n) is 4.88.